The van der Waals surface area contributed by atoms with Gasteiger partial charge in [-0.05, 0) is 51.5 Å². The summed E-state index contributed by atoms with van der Waals surface area (Å²) >= 11 is 0. The zero-order valence-electron chi connectivity index (χ0n) is 22.3. The van der Waals surface area contributed by atoms with Crippen LogP contribution >= 0.6 is 0 Å². The maximum Gasteiger partial charge on any atom is 0.308 e. The number of phenolic OH excluding ortho intramolecular Hbond substituents is 2. The van der Waals surface area contributed by atoms with Gasteiger partial charge >= 0.3 is 5.97 Å². The summed E-state index contributed by atoms with van der Waals surface area (Å²) in [6.45, 7) is 14.0. The lowest BCUT2D eigenvalue weighted by Gasteiger charge is -2.51. The zero-order valence-corrected chi connectivity index (χ0v) is 22.3. The molecular weight excluding hydrogens is 476 g/mol. The lowest BCUT2D eigenvalue weighted by atomic mass is 9.61. The molecule has 1 aromatic carbocycles. The quantitative estimate of drug-likeness (QED) is 0.395. The maximum absolute atomic E-state index is 13.9. The number of carbonyl (C=O) groups is 3. The first-order valence-electron chi connectivity index (χ1n) is 12.7. The van der Waals surface area contributed by atoms with Crippen molar-refractivity contribution >= 4 is 17.5 Å². The van der Waals surface area contributed by atoms with E-state index in [2.05, 4.69) is 6.58 Å². The van der Waals surface area contributed by atoms with Gasteiger partial charge < -0.3 is 24.8 Å². The highest BCUT2D eigenvalue weighted by Gasteiger charge is 2.55. The van der Waals surface area contributed by atoms with Crippen LogP contribution in [0.25, 0.3) is 0 Å². The van der Waals surface area contributed by atoms with E-state index in [1.807, 2.05) is 20.8 Å². The first-order chi connectivity index (χ1) is 17.2. The highest BCUT2D eigenvalue weighted by atomic mass is 16.5. The van der Waals surface area contributed by atoms with Gasteiger partial charge in [-0.3, -0.25) is 14.4 Å². The van der Waals surface area contributed by atoms with Gasteiger partial charge in [0.05, 0.1) is 18.1 Å². The number of ketones is 2. The van der Waals surface area contributed by atoms with Crippen LogP contribution < -0.4 is 0 Å². The van der Waals surface area contributed by atoms with Gasteiger partial charge in [0.2, 0.25) is 5.78 Å². The summed E-state index contributed by atoms with van der Waals surface area (Å²) in [6.07, 6.45) is 2.01. The summed E-state index contributed by atoms with van der Waals surface area (Å²) in [5, 5.41) is 31.8. The van der Waals surface area contributed by atoms with Crippen molar-refractivity contribution in [1.82, 2.24) is 0 Å². The summed E-state index contributed by atoms with van der Waals surface area (Å²) in [5.74, 6) is -3.33. The summed E-state index contributed by atoms with van der Waals surface area (Å²) in [7, 11) is 0. The Bertz CT molecular complexity index is 1220. The van der Waals surface area contributed by atoms with Crippen LogP contribution in [0.5, 0.6) is 11.5 Å². The molecule has 1 unspecified atom stereocenters. The molecule has 1 aliphatic heterocycles. The second kappa shape index (κ2) is 9.01. The second-order valence-corrected chi connectivity index (χ2v) is 11.7. The van der Waals surface area contributed by atoms with E-state index in [0.29, 0.717) is 12.8 Å². The first kappa shape index (κ1) is 26.9. The molecule has 37 heavy (non-hydrogen) atoms. The monoisotopic (exact) mass is 512 g/mol. The van der Waals surface area contributed by atoms with Crippen molar-refractivity contribution in [3.05, 3.63) is 46.7 Å². The zero-order chi connectivity index (χ0) is 27.6. The average molecular weight is 513 g/mol. The third-order valence-electron chi connectivity index (χ3n) is 8.40. The number of fused-ring (bicyclic) bond motifs is 3. The maximum atomic E-state index is 13.9. The minimum Gasteiger partial charge on any atom is -0.507 e. The molecule has 5 atom stereocenters. The van der Waals surface area contributed by atoms with Crippen molar-refractivity contribution in [1.29, 1.82) is 0 Å². The van der Waals surface area contributed by atoms with Gasteiger partial charge in [-0.2, -0.15) is 0 Å². The van der Waals surface area contributed by atoms with Gasteiger partial charge in [-0.25, -0.2) is 0 Å². The fourth-order valence-electron chi connectivity index (χ4n) is 6.03. The topological polar surface area (TPSA) is 130 Å². The first-order valence-corrected chi connectivity index (χ1v) is 12.7. The lowest BCUT2D eigenvalue weighted by Crippen LogP contribution is -2.53. The number of aromatic hydroxyl groups is 2. The molecule has 1 aromatic rings. The third-order valence-corrected chi connectivity index (χ3v) is 8.40. The molecule has 0 spiro atoms. The summed E-state index contributed by atoms with van der Waals surface area (Å²) in [5.41, 5.74) is -2.30. The minimum absolute atomic E-state index is 0.0575. The van der Waals surface area contributed by atoms with Gasteiger partial charge in [0.1, 0.15) is 23.2 Å². The molecule has 200 valence electrons. The number of benzene rings is 1. The molecular formula is C29H36O8. The van der Waals surface area contributed by atoms with E-state index < -0.39 is 40.7 Å². The van der Waals surface area contributed by atoms with Crippen molar-refractivity contribution in [3.63, 3.8) is 0 Å². The van der Waals surface area contributed by atoms with E-state index in [4.69, 9.17) is 9.47 Å². The van der Waals surface area contributed by atoms with Gasteiger partial charge in [0, 0.05) is 28.0 Å². The van der Waals surface area contributed by atoms with E-state index in [1.54, 1.807) is 20.8 Å². The largest absolute Gasteiger partial charge is 0.507 e. The molecule has 0 bridgehead atoms. The Morgan fingerprint density at radius 1 is 1.27 bits per heavy atom. The highest BCUT2D eigenvalue weighted by molar-refractivity contribution is 6.28. The molecule has 1 saturated carbocycles. The number of ether oxygens (including phenoxy) is 2. The molecule has 2 aliphatic carbocycles. The fraction of sp³-hybridized carbons (Fsp3) is 0.552. The van der Waals surface area contributed by atoms with Crippen molar-refractivity contribution < 1.29 is 39.2 Å². The van der Waals surface area contributed by atoms with Crippen LogP contribution in [0, 0.1) is 23.7 Å². The van der Waals surface area contributed by atoms with E-state index in [1.165, 1.54) is 12.1 Å². The van der Waals surface area contributed by atoms with Gasteiger partial charge in [0.15, 0.2) is 11.5 Å². The van der Waals surface area contributed by atoms with Crippen LogP contribution in [0.2, 0.25) is 0 Å². The third kappa shape index (κ3) is 4.06. The van der Waals surface area contributed by atoms with Crippen LogP contribution in [0.15, 0.2) is 30.1 Å². The number of Topliss-reactive ketones (excluding diaryl/α,β-unsaturated/α-hetero) is 2. The van der Waals surface area contributed by atoms with Crippen molar-refractivity contribution in [2.75, 3.05) is 6.61 Å². The highest BCUT2D eigenvalue weighted by Crippen LogP contribution is 2.54. The van der Waals surface area contributed by atoms with Gasteiger partial charge in [-0.1, -0.05) is 26.8 Å². The molecule has 3 N–H and O–H groups in total. The van der Waals surface area contributed by atoms with Crippen molar-refractivity contribution in [2.45, 2.75) is 71.5 Å². The Hall–Kier alpha value is -3.13. The lowest BCUT2D eigenvalue weighted by molar-refractivity contribution is -0.164. The fourth-order valence-corrected chi connectivity index (χ4v) is 6.03. The van der Waals surface area contributed by atoms with Crippen molar-refractivity contribution in [3.8, 4) is 11.5 Å². The predicted octanol–water partition coefficient (Wildman–Crippen LogP) is 4.21. The molecule has 3 aliphatic rings. The summed E-state index contributed by atoms with van der Waals surface area (Å²) in [4.78, 5) is 39.9. The molecule has 8 nitrogen and oxygen atoms in total. The van der Waals surface area contributed by atoms with E-state index in [0.717, 1.165) is 0 Å². The Balaban J connectivity index is 1.81. The number of phenols is 2. The van der Waals surface area contributed by atoms with Gasteiger partial charge in [0.25, 0.3) is 0 Å². The Morgan fingerprint density at radius 3 is 2.49 bits per heavy atom. The molecule has 0 aromatic heterocycles. The second-order valence-electron chi connectivity index (χ2n) is 11.7. The number of esters is 1. The van der Waals surface area contributed by atoms with E-state index >= 15 is 0 Å². The summed E-state index contributed by atoms with van der Waals surface area (Å²) < 4.78 is 12.0. The number of aliphatic hydroxyl groups is 1. The number of carbonyl (C=O) groups excluding carboxylic acids is 3. The van der Waals surface area contributed by atoms with Crippen molar-refractivity contribution in [2.24, 2.45) is 23.7 Å². The molecule has 1 heterocycles. The minimum atomic E-state index is -1.25. The Kier molecular flexibility index (Phi) is 6.56. The molecule has 0 amide bonds. The van der Waals surface area contributed by atoms with Crippen LogP contribution in [0.4, 0.5) is 0 Å². The number of rotatable bonds is 5. The van der Waals surface area contributed by atoms with Crippen LogP contribution in [-0.4, -0.2) is 51.2 Å². The van der Waals surface area contributed by atoms with Crippen LogP contribution in [-0.2, 0) is 19.7 Å². The smallest absolute Gasteiger partial charge is 0.308 e. The number of allylic oxidation sites excluding steroid dienone is 2. The predicted molar refractivity (Wildman–Crippen MR) is 135 cm³/mol. The number of aliphatic hydroxyl groups excluding tert-OH is 1. The number of hydrogen-bond donors (Lipinski definition) is 3. The molecule has 0 saturated heterocycles. The average Bonchev–Trinajstić information content (AvgIpc) is 2.82. The summed E-state index contributed by atoms with van der Waals surface area (Å²) in [6, 6.07) is 1.18. The van der Waals surface area contributed by atoms with E-state index in [-0.39, 0.29) is 63.8 Å². The SMILES string of the molecule is C=CC(C)(CO)c1c(O)cc2c(c1O)C(=O)C1=C(C2=O)[C@@H]2C[C@@H](C)[C@@H](OC(=O)C(C)C)C[C@@H]2C(C)(C)O1. The van der Waals surface area contributed by atoms with Crippen LogP contribution in [0.3, 0.4) is 0 Å². The standard InChI is InChI=1S/C29H36O8/c1-8-29(7,12-30)22-18(31)10-16-20(24(22)33)25(34)26-21(23(16)32)15-9-14(4)19(36-27(35)13(2)3)11-17(15)28(5,6)37-26/h8,10,13-15,17,19,30-31,33H,1,9,11-12H2,2-7H3/t14-,15-,17+,19+,29?/m1/s1. The normalized spacial score (nSPS) is 28.0. The molecule has 8 heteroatoms. The molecule has 4 rings (SSSR count). The Morgan fingerprint density at radius 2 is 1.92 bits per heavy atom. The number of hydrogen-bond acceptors (Lipinski definition) is 8. The Labute approximate surface area is 217 Å². The van der Waals surface area contributed by atoms with Crippen LogP contribution in [0.1, 0.15) is 80.7 Å². The van der Waals surface area contributed by atoms with Gasteiger partial charge in [-0.15, -0.1) is 6.58 Å². The molecule has 0 radical (unpaired) electrons. The van der Waals surface area contributed by atoms with E-state index in [9.17, 15) is 29.7 Å². The molecule has 1 fully saturated rings.